The number of amides is 1. The van der Waals surface area contributed by atoms with E-state index in [1.807, 2.05) is 19.1 Å². The fourth-order valence-corrected chi connectivity index (χ4v) is 4.85. The molecule has 2 aromatic carbocycles. The van der Waals surface area contributed by atoms with Crippen molar-refractivity contribution in [3.05, 3.63) is 59.7 Å². The summed E-state index contributed by atoms with van der Waals surface area (Å²) < 4.78 is 26.9. The third kappa shape index (κ3) is 4.76. The number of nitrogens with zero attached hydrogens (tertiary/aromatic N) is 1. The molecule has 28 heavy (non-hydrogen) atoms. The summed E-state index contributed by atoms with van der Waals surface area (Å²) >= 11 is 5.19. The first-order valence-electron chi connectivity index (χ1n) is 9.16. The van der Waals surface area contributed by atoms with Gasteiger partial charge in [0.15, 0.2) is 5.11 Å². The minimum absolute atomic E-state index is 0.153. The summed E-state index contributed by atoms with van der Waals surface area (Å²) in [6, 6.07) is 13.6. The van der Waals surface area contributed by atoms with Crippen LogP contribution in [0.25, 0.3) is 0 Å². The largest absolute Gasteiger partial charge is 0.332 e. The van der Waals surface area contributed by atoms with E-state index in [9.17, 15) is 13.2 Å². The fraction of sp³-hybridized carbons (Fsp3) is 0.300. The zero-order valence-electron chi connectivity index (χ0n) is 15.6. The first-order chi connectivity index (χ1) is 13.4. The van der Waals surface area contributed by atoms with Crippen molar-refractivity contribution in [3.63, 3.8) is 0 Å². The van der Waals surface area contributed by atoms with Crippen molar-refractivity contribution >= 4 is 38.9 Å². The van der Waals surface area contributed by atoms with Crippen LogP contribution >= 0.6 is 12.2 Å². The predicted molar refractivity (Wildman–Crippen MR) is 114 cm³/mol. The average molecular weight is 418 g/mol. The number of aryl methyl sites for hydroxylation is 1. The van der Waals surface area contributed by atoms with E-state index >= 15 is 0 Å². The van der Waals surface area contributed by atoms with Crippen LogP contribution in [0.15, 0.2) is 53.4 Å². The molecule has 0 bridgehead atoms. The first-order valence-corrected chi connectivity index (χ1v) is 11.0. The maximum atomic E-state index is 12.7. The number of hydrogen-bond donors (Lipinski definition) is 2. The summed E-state index contributed by atoms with van der Waals surface area (Å²) in [7, 11) is -3.46. The number of thiocarbonyl (C=S) groups is 1. The van der Waals surface area contributed by atoms with Gasteiger partial charge in [-0.2, -0.15) is 4.31 Å². The molecule has 8 heteroatoms. The Bertz CT molecular complexity index is 966. The second-order valence-corrected chi connectivity index (χ2v) is 9.06. The first kappa shape index (κ1) is 20.4. The van der Waals surface area contributed by atoms with Gasteiger partial charge in [0.1, 0.15) is 0 Å². The number of carbonyl (C=O) groups excluding carboxylic acids is 1. The molecule has 1 fully saturated rings. The second kappa shape index (κ2) is 8.81. The van der Waals surface area contributed by atoms with Crippen LogP contribution in [0.4, 0.5) is 5.69 Å². The molecular weight excluding hydrogens is 394 g/mol. The lowest BCUT2D eigenvalue weighted by Gasteiger charge is -2.25. The number of carbonyl (C=O) groups is 1. The molecule has 2 N–H and O–H groups in total. The molecule has 148 valence electrons. The SMILES string of the molecule is Cc1ccccc1C(=O)NC(=S)Nc1ccc(S(=O)(=O)N2CCCCC2)cc1. The van der Waals surface area contributed by atoms with Crippen molar-refractivity contribution in [3.8, 4) is 0 Å². The summed E-state index contributed by atoms with van der Waals surface area (Å²) in [5.41, 5.74) is 2.01. The van der Waals surface area contributed by atoms with Gasteiger partial charge in [-0.1, -0.05) is 24.6 Å². The Morgan fingerprint density at radius 3 is 2.29 bits per heavy atom. The lowest BCUT2D eigenvalue weighted by Crippen LogP contribution is -2.35. The summed E-state index contributed by atoms with van der Waals surface area (Å²) in [6.45, 7) is 2.99. The molecule has 1 heterocycles. The van der Waals surface area contributed by atoms with E-state index in [4.69, 9.17) is 12.2 Å². The highest BCUT2D eigenvalue weighted by molar-refractivity contribution is 7.89. The van der Waals surface area contributed by atoms with Crippen LogP contribution in [0.1, 0.15) is 35.2 Å². The molecule has 1 amide bonds. The third-order valence-corrected chi connectivity index (χ3v) is 6.80. The van der Waals surface area contributed by atoms with Gasteiger partial charge in [0.25, 0.3) is 5.91 Å². The maximum absolute atomic E-state index is 12.7. The van der Waals surface area contributed by atoms with Gasteiger partial charge < -0.3 is 5.32 Å². The van der Waals surface area contributed by atoms with Crippen LogP contribution < -0.4 is 10.6 Å². The van der Waals surface area contributed by atoms with Gasteiger partial charge in [0.2, 0.25) is 10.0 Å². The molecule has 0 saturated carbocycles. The molecule has 0 aliphatic carbocycles. The Labute approximate surface area is 171 Å². The standard InChI is InChI=1S/C20H23N3O3S2/c1-15-7-3-4-8-18(15)19(24)22-20(27)21-16-9-11-17(12-10-16)28(25,26)23-13-5-2-6-14-23/h3-4,7-12H,2,5-6,13-14H2,1H3,(H2,21,22,24,27). The minimum Gasteiger partial charge on any atom is -0.332 e. The minimum atomic E-state index is -3.46. The molecule has 2 aromatic rings. The van der Waals surface area contributed by atoms with Crippen LogP contribution in [0.5, 0.6) is 0 Å². The Balaban J connectivity index is 1.63. The van der Waals surface area contributed by atoms with Crippen molar-refractivity contribution in [2.45, 2.75) is 31.1 Å². The van der Waals surface area contributed by atoms with Gasteiger partial charge in [-0.3, -0.25) is 10.1 Å². The normalized spacial score (nSPS) is 15.0. The van der Waals surface area contributed by atoms with Crippen molar-refractivity contribution in [1.82, 2.24) is 9.62 Å². The molecule has 3 rings (SSSR count). The van der Waals surface area contributed by atoms with Gasteiger partial charge in [0.05, 0.1) is 4.90 Å². The Kier molecular flexibility index (Phi) is 6.43. The van der Waals surface area contributed by atoms with Crippen LogP contribution in [-0.4, -0.2) is 36.8 Å². The monoisotopic (exact) mass is 417 g/mol. The molecular formula is C20H23N3O3S2. The molecule has 0 aromatic heterocycles. The van der Waals surface area contributed by atoms with E-state index in [2.05, 4.69) is 10.6 Å². The summed E-state index contributed by atoms with van der Waals surface area (Å²) in [5.74, 6) is -0.292. The molecule has 0 spiro atoms. The van der Waals surface area contributed by atoms with Gasteiger partial charge in [-0.15, -0.1) is 0 Å². The zero-order chi connectivity index (χ0) is 20.1. The number of hydrogen-bond acceptors (Lipinski definition) is 4. The lowest BCUT2D eigenvalue weighted by atomic mass is 10.1. The summed E-state index contributed by atoms with van der Waals surface area (Å²) in [5, 5.41) is 5.70. The maximum Gasteiger partial charge on any atom is 0.257 e. The van der Waals surface area contributed by atoms with Gasteiger partial charge >= 0.3 is 0 Å². The van der Waals surface area contributed by atoms with E-state index < -0.39 is 10.0 Å². The topological polar surface area (TPSA) is 78.5 Å². The molecule has 1 aliphatic heterocycles. The zero-order valence-corrected chi connectivity index (χ0v) is 17.3. The lowest BCUT2D eigenvalue weighted by molar-refractivity contribution is 0.0977. The quantitative estimate of drug-likeness (QED) is 0.747. The highest BCUT2D eigenvalue weighted by Crippen LogP contribution is 2.22. The van der Waals surface area contributed by atoms with Gasteiger partial charge in [-0.05, 0) is 67.9 Å². The van der Waals surface area contributed by atoms with E-state index in [1.54, 1.807) is 36.4 Å². The van der Waals surface area contributed by atoms with E-state index in [0.29, 0.717) is 24.3 Å². The highest BCUT2D eigenvalue weighted by atomic mass is 32.2. The number of sulfonamides is 1. The predicted octanol–water partition coefficient (Wildman–Crippen LogP) is 3.30. The number of anilines is 1. The van der Waals surface area contributed by atoms with Crippen LogP contribution in [0.2, 0.25) is 0 Å². The number of piperidine rings is 1. The number of benzene rings is 2. The molecule has 0 unspecified atom stereocenters. The highest BCUT2D eigenvalue weighted by Gasteiger charge is 2.25. The van der Waals surface area contributed by atoms with E-state index in [1.165, 1.54) is 4.31 Å². The summed E-state index contributed by atoms with van der Waals surface area (Å²) in [6.07, 6.45) is 2.86. The fourth-order valence-electron chi connectivity index (χ4n) is 3.13. The molecule has 6 nitrogen and oxygen atoms in total. The molecule has 1 aliphatic rings. The average Bonchev–Trinajstić information content (AvgIpc) is 2.69. The third-order valence-electron chi connectivity index (χ3n) is 4.68. The number of rotatable bonds is 4. The van der Waals surface area contributed by atoms with Crippen molar-refractivity contribution in [2.75, 3.05) is 18.4 Å². The Morgan fingerprint density at radius 1 is 1.00 bits per heavy atom. The van der Waals surface area contributed by atoms with E-state index in [0.717, 1.165) is 24.8 Å². The van der Waals surface area contributed by atoms with E-state index in [-0.39, 0.29) is 15.9 Å². The van der Waals surface area contributed by atoms with Crippen molar-refractivity contribution in [2.24, 2.45) is 0 Å². The van der Waals surface area contributed by atoms with Crippen LogP contribution in [0, 0.1) is 6.92 Å². The van der Waals surface area contributed by atoms with Gasteiger partial charge in [0, 0.05) is 24.3 Å². The second-order valence-electron chi connectivity index (χ2n) is 6.71. The Hall–Kier alpha value is -2.29. The van der Waals surface area contributed by atoms with Crippen molar-refractivity contribution in [1.29, 1.82) is 0 Å². The van der Waals surface area contributed by atoms with Crippen LogP contribution in [-0.2, 0) is 10.0 Å². The number of nitrogens with one attached hydrogen (secondary N) is 2. The molecule has 0 atom stereocenters. The Morgan fingerprint density at radius 2 is 1.64 bits per heavy atom. The molecule has 0 radical (unpaired) electrons. The molecule has 1 saturated heterocycles. The van der Waals surface area contributed by atoms with Gasteiger partial charge in [-0.25, -0.2) is 8.42 Å². The van der Waals surface area contributed by atoms with Crippen molar-refractivity contribution < 1.29 is 13.2 Å². The van der Waals surface area contributed by atoms with Crippen LogP contribution in [0.3, 0.4) is 0 Å². The summed E-state index contributed by atoms with van der Waals surface area (Å²) in [4.78, 5) is 12.6. The smallest absolute Gasteiger partial charge is 0.257 e.